The van der Waals surface area contributed by atoms with E-state index in [4.69, 9.17) is 2.51 Å². The normalized spacial score (nSPS) is 13.4. The molecular weight excluding hydrogens is 507 g/mol. The topological polar surface area (TPSA) is 43.4 Å². The van der Waals surface area contributed by atoms with Crippen molar-refractivity contribution in [3.05, 3.63) is 66.8 Å². The van der Waals surface area contributed by atoms with Gasteiger partial charge in [0.15, 0.2) is 0 Å². The predicted octanol–water partition coefficient (Wildman–Crippen LogP) is 7.28. The molecule has 0 unspecified atom stereocenters. The summed E-state index contributed by atoms with van der Waals surface area (Å²) >= 11 is -2.58. The van der Waals surface area contributed by atoms with Crippen LogP contribution in [0.1, 0.15) is 78.9 Å². The van der Waals surface area contributed by atoms with Crippen LogP contribution in [0.5, 0.6) is 0 Å². The molecule has 0 saturated carbocycles. The average molecular weight is 545 g/mol. The summed E-state index contributed by atoms with van der Waals surface area (Å²) in [4.78, 5) is 0. The first kappa shape index (κ1) is 25.3. The van der Waals surface area contributed by atoms with Gasteiger partial charge in [-0.15, -0.1) is 0 Å². The third-order valence-electron chi connectivity index (χ3n) is 4.97. The maximum absolute atomic E-state index is 12.7. The van der Waals surface area contributed by atoms with E-state index in [9.17, 15) is 8.42 Å². The maximum atomic E-state index is 12.7. The van der Waals surface area contributed by atoms with Crippen molar-refractivity contribution in [3.8, 4) is 0 Å². The second-order valence-corrected chi connectivity index (χ2v) is 16.4. The molecule has 2 aromatic rings. The van der Waals surface area contributed by atoms with E-state index >= 15 is 0 Å². The molecule has 0 aliphatic carbocycles. The summed E-state index contributed by atoms with van der Waals surface area (Å²) in [5.74, 6) is 0.0922. The zero-order chi connectivity index (χ0) is 22.6. The zero-order valence-corrected chi connectivity index (χ0v) is 22.4. The van der Waals surface area contributed by atoms with E-state index in [0.29, 0.717) is 6.42 Å². The van der Waals surface area contributed by atoms with Crippen molar-refractivity contribution < 1.29 is 10.9 Å². The molecule has 0 aliphatic rings. The van der Waals surface area contributed by atoms with E-state index in [1.54, 1.807) is 0 Å². The molecule has 2 rings (SSSR count). The first-order valence-corrected chi connectivity index (χ1v) is 15.3. The van der Waals surface area contributed by atoms with Crippen molar-refractivity contribution in [1.29, 1.82) is 0 Å². The molecule has 0 saturated heterocycles. The zero-order valence-electron chi connectivity index (χ0n) is 19.5. The van der Waals surface area contributed by atoms with Crippen LogP contribution in [0.25, 0.3) is 0 Å². The molecule has 30 heavy (non-hydrogen) atoms. The molecule has 0 aliphatic heterocycles. The number of hydrogen-bond donors (Lipinski definition) is 0. The second kappa shape index (κ2) is 10.1. The fraction of sp³-hybridized carbons (Fsp3) is 0.520. The fourth-order valence-electron chi connectivity index (χ4n) is 2.98. The monoisotopic (exact) mass is 544 g/mol. The molecular formula is C25H37IO3S. The summed E-state index contributed by atoms with van der Waals surface area (Å²) in [6.45, 7) is 15.1. The molecule has 0 N–H and O–H groups in total. The van der Waals surface area contributed by atoms with Crippen molar-refractivity contribution >= 4 is 30.4 Å². The van der Waals surface area contributed by atoms with Gasteiger partial charge in [0.25, 0.3) is 0 Å². The first-order valence-electron chi connectivity index (χ1n) is 10.7. The van der Waals surface area contributed by atoms with E-state index in [-0.39, 0.29) is 16.6 Å². The van der Waals surface area contributed by atoms with Gasteiger partial charge in [-0.05, 0) is 0 Å². The summed E-state index contributed by atoms with van der Waals surface area (Å²) in [7, 11) is -3.56. The van der Waals surface area contributed by atoms with Crippen LogP contribution >= 0.6 is 20.2 Å². The van der Waals surface area contributed by atoms with Gasteiger partial charge in [-0.2, -0.15) is 0 Å². The summed E-state index contributed by atoms with van der Waals surface area (Å²) < 4.78 is 33.4. The van der Waals surface area contributed by atoms with E-state index in [1.807, 2.05) is 0 Å². The molecule has 2 aromatic carbocycles. The van der Waals surface area contributed by atoms with Gasteiger partial charge in [-0.3, -0.25) is 0 Å². The van der Waals surface area contributed by atoms with Crippen LogP contribution in [0.3, 0.4) is 0 Å². The van der Waals surface area contributed by atoms with Gasteiger partial charge in [0, 0.05) is 0 Å². The van der Waals surface area contributed by atoms with Gasteiger partial charge in [0.1, 0.15) is 0 Å². The summed E-state index contributed by atoms with van der Waals surface area (Å²) in [5, 5.41) is 0. The van der Waals surface area contributed by atoms with Crippen molar-refractivity contribution in [3.63, 3.8) is 0 Å². The Kier molecular flexibility index (Phi) is 8.56. The Morgan fingerprint density at radius 2 is 1.13 bits per heavy atom. The quantitative estimate of drug-likeness (QED) is 0.259. The fourth-order valence-corrected chi connectivity index (χ4v) is 10.1. The van der Waals surface area contributed by atoms with Crippen LogP contribution in [0.2, 0.25) is 0 Å². The molecule has 0 amide bonds. The molecule has 0 atom stereocenters. The molecule has 0 fully saturated rings. The molecule has 0 spiro atoms. The number of hydrogen-bond acceptors (Lipinski definition) is 3. The Hall–Kier alpha value is -0.920. The van der Waals surface area contributed by atoms with Crippen LogP contribution in [0, 0.1) is 7.14 Å². The minimum atomic E-state index is -3.56. The molecule has 0 bridgehead atoms. The first-order chi connectivity index (χ1) is 13.8. The molecule has 0 radical (unpaired) electrons. The Labute approximate surface area is 191 Å². The van der Waals surface area contributed by atoms with Gasteiger partial charge in [0.05, 0.1) is 0 Å². The SMILES string of the molecule is CCCCCS(=O)(=O)OI(c1ccc(C(C)(C)C)cc1)c1ccc(C(C)(C)C)cc1. The minimum absolute atomic E-state index is 0.0546. The van der Waals surface area contributed by atoms with Gasteiger partial charge in [0.2, 0.25) is 0 Å². The predicted molar refractivity (Wildman–Crippen MR) is 136 cm³/mol. The van der Waals surface area contributed by atoms with E-state index in [1.165, 1.54) is 11.1 Å². The number of rotatable bonds is 8. The molecule has 5 heteroatoms. The number of benzene rings is 2. The number of unbranched alkanes of at least 4 members (excludes halogenated alkanes) is 2. The Balaban J connectivity index is 2.40. The third kappa shape index (κ3) is 7.34. The summed E-state index contributed by atoms with van der Waals surface area (Å²) in [6.07, 6.45) is 2.53. The number of halogens is 1. The summed E-state index contributed by atoms with van der Waals surface area (Å²) in [6, 6.07) is 16.7. The van der Waals surface area contributed by atoms with E-state index < -0.39 is 30.4 Å². The second-order valence-electron chi connectivity index (χ2n) is 9.79. The van der Waals surface area contributed by atoms with Gasteiger partial charge >= 0.3 is 192 Å². The van der Waals surface area contributed by atoms with E-state index in [2.05, 4.69) is 97.0 Å². The van der Waals surface area contributed by atoms with Crippen molar-refractivity contribution in [2.75, 3.05) is 5.75 Å². The van der Waals surface area contributed by atoms with Crippen molar-refractivity contribution in [1.82, 2.24) is 0 Å². The van der Waals surface area contributed by atoms with E-state index in [0.717, 1.165) is 20.0 Å². The average Bonchev–Trinajstić information content (AvgIpc) is 2.65. The van der Waals surface area contributed by atoms with Crippen molar-refractivity contribution in [2.24, 2.45) is 0 Å². The van der Waals surface area contributed by atoms with Crippen LogP contribution < -0.4 is 0 Å². The van der Waals surface area contributed by atoms with Gasteiger partial charge in [-0.1, -0.05) is 0 Å². The molecule has 168 valence electrons. The van der Waals surface area contributed by atoms with Crippen LogP contribution in [0.4, 0.5) is 0 Å². The van der Waals surface area contributed by atoms with Gasteiger partial charge in [-0.25, -0.2) is 0 Å². The van der Waals surface area contributed by atoms with Gasteiger partial charge < -0.3 is 0 Å². The van der Waals surface area contributed by atoms with Crippen LogP contribution in [0.15, 0.2) is 48.5 Å². The standard InChI is InChI=1S/C25H37IO3S/c1-8-9-10-19-30(27,28)29-26(22-15-11-20(12-16-22)24(2,3)4)23-17-13-21(14-18-23)25(5,6)7/h11-18H,8-10,19H2,1-7H3. The van der Waals surface area contributed by atoms with Crippen molar-refractivity contribution in [2.45, 2.75) is 78.6 Å². The third-order valence-corrected chi connectivity index (χ3v) is 12.5. The van der Waals surface area contributed by atoms with Crippen LogP contribution in [-0.4, -0.2) is 14.2 Å². The van der Waals surface area contributed by atoms with Crippen LogP contribution in [-0.2, 0) is 23.5 Å². The molecule has 3 nitrogen and oxygen atoms in total. The summed E-state index contributed by atoms with van der Waals surface area (Å²) in [5.41, 5.74) is 2.57. The molecule has 0 aromatic heterocycles. The Morgan fingerprint density at radius 3 is 1.47 bits per heavy atom. The molecule has 0 heterocycles. The Bertz CT molecular complexity index is 845. The Morgan fingerprint density at radius 1 is 0.733 bits per heavy atom.